The summed E-state index contributed by atoms with van der Waals surface area (Å²) in [6.45, 7) is 0. The predicted octanol–water partition coefficient (Wildman–Crippen LogP) is 4.35. The molecule has 0 saturated heterocycles. The fraction of sp³-hybridized carbons (Fsp3) is 0.118. The predicted molar refractivity (Wildman–Crippen MR) is 85.7 cm³/mol. The van der Waals surface area contributed by atoms with Gasteiger partial charge in [-0.15, -0.1) is 5.10 Å². The average Bonchev–Trinajstić information content (AvgIpc) is 3.02. The molecule has 0 amide bonds. The highest BCUT2D eigenvalue weighted by molar-refractivity contribution is 5.87. The quantitative estimate of drug-likeness (QED) is 0.565. The van der Waals surface area contributed by atoms with Crippen LogP contribution < -0.4 is 0 Å². The van der Waals surface area contributed by atoms with Gasteiger partial charge in [0.2, 0.25) is 0 Å². The molecule has 0 bridgehead atoms. The molecular formula is C17H12F4N4. The molecule has 8 heteroatoms. The average molecular weight is 348 g/mol. The van der Waals surface area contributed by atoms with Crippen LogP contribution in [0.2, 0.25) is 0 Å². The Bertz CT molecular complexity index is 928. The van der Waals surface area contributed by atoms with Crippen molar-refractivity contribution in [3.8, 4) is 22.4 Å². The topological polar surface area (TPSA) is 53.9 Å². The maximum absolute atomic E-state index is 14.0. The first-order valence-electron chi connectivity index (χ1n) is 7.20. The van der Waals surface area contributed by atoms with Crippen LogP contribution >= 0.6 is 0 Å². The molecule has 1 aromatic heterocycles. The second-order valence-electron chi connectivity index (χ2n) is 5.27. The second-order valence-corrected chi connectivity index (χ2v) is 5.27. The molecule has 1 heterocycles. The van der Waals surface area contributed by atoms with E-state index in [0.717, 1.165) is 12.1 Å². The molecule has 3 aromatic rings. The molecule has 0 aliphatic heterocycles. The largest absolute Gasteiger partial charge is 0.416 e. The molecule has 0 saturated carbocycles. The van der Waals surface area contributed by atoms with Gasteiger partial charge in [0.25, 0.3) is 0 Å². The number of aromatic amines is 1. The van der Waals surface area contributed by atoms with Gasteiger partial charge >= 0.3 is 6.18 Å². The van der Waals surface area contributed by atoms with Gasteiger partial charge in [0, 0.05) is 18.8 Å². The Hall–Kier alpha value is -3.03. The summed E-state index contributed by atoms with van der Waals surface area (Å²) in [5, 5.41) is 10.2. The molecule has 0 aliphatic rings. The molecular weight excluding hydrogens is 336 g/mol. The molecule has 0 radical (unpaired) electrons. The Morgan fingerprint density at radius 2 is 1.80 bits per heavy atom. The van der Waals surface area contributed by atoms with Crippen molar-refractivity contribution < 1.29 is 17.6 Å². The molecule has 0 atom stereocenters. The Labute approximate surface area is 140 Å². The van der Waals surface area contributed by atoms with Gasteiger partial charge in [0.15, 0.2) is 0 Å². The molecule has 4 nitrogen and oxygen atoms in total. The summed E-state index contributed by atoms with van der Waals surface area (Å²) < 4.78 is 52.7. The molecule has 0 fully saturated rings. The number of hydrogen-bond donors (Lipinski definition) is 1. The van der Waals surface area contributed by atoms with E-state index in [4.69, 9.17) is 0 Å². The number of aliphatic imine (C=N–C) groups is 1. The fourth-order valence-corrected chi connectivity index (χ4v) is 2.44. The Kier molecular flexibility index (Phi) is 4.35. The van der Waals surface area contributed by atoms with Crippen molar-refractivity contribution in [1.82, 2.24) is 15.4 Å². The summed E-state index contributed by atoms with van der Waals surface area (Å²) in [7, 11) is 1.56. The van der Waals surface area contributed by atoms with Gasteiger partial charge in [-0.3, -0.25) is 10.1 Å². The van der Waals surface area contributed by atoms with Gasteiger partial charge in [-0.05, 0) is 41.5 Å². The van der Waals surface area contributed by atoms with Gasteiger partial charge in [-0.2, -0.15) is 13.2 Å². The SMILES string of the molecule is C/N=C/c1[nH]nnc1-c1cc(F)cc(-c2cccc(C(F)(F)F)c2)c1. The van der Waals surface area contributed by atoms with E-state index in [1.54, 1.807) is 13.1 Å². The number of halogens is 4. The van der Waals surface area contributed by atoms with Crippen molar-refractivity contribution in [2.75, 3.05) is 7.05 Å². The number of nitrogens with one attached hydrogen (secondary N) is 1. The molecule has 2 aromatic carbocycles. The van der Waals surface area contributed by atoms with Crippen LogP contribution in [0.5, 0.6) is 0 Å². The zero-order valence-corrected chi connectivity index (χ0v) is 13.0. The highest BCUT2D eigenvalue weighted by Crippen LogP contribution is 2.33. The van der Waals surface area contributed by atoms with Crippen LogP contribution in [-0.4, -0.2) is 28.7 Å². The Morgan fingerprint density at radius 3 is 2.52 bits per heavy atom. The van der Waals surface area contributed by atoms with Crippen LogP contribution in [0, 0.1) is 5.82 Å². The van der Waals surface area contributed by atoms with Crippen molar-refractivity contribution in [3.63, 3.8) is 0 Å². The molecule has 0 spiro atoms. The lowest BCUT2D eigenvalue weighted by Gasteiger charge is -2.10. The maximum Gasteiger partial charge on any atom is 0.416 e. The summed E-state index contributed by atoms with van der Waals surface area (Å²) in [5.41, 5.74) is 0.988. The minimum absolute atomic E-state index is 0.254. The number of H-pyrrole nitrogens is 1. The maximum atomic E-state index is 14.0. The third-order valence-electron chi connectivity index (χ3n) is 3.53. The first kappa shape index (κ1) is 16.8. The van der Waals surface area contributed by atoms with E-state index < -0.39 is 17.6 Å². The number of rotatable bonds is 3. The van der Waals surface area contributed by atoms with Crippen molar-refractivity contribution in [2.45, 2.75) is 6.18 Å². The third kappa shape index (κ3) is 3.57. The highest BCUT2D eigenvalue weighted by Gasteiger charge is 2.30. The van der Waals surface area contributed by atoms with Crippen LogP contribution in [0.25, 0.3) is 22.4 Å². The summed E-state index contributed by atoms with van der Waals surface area (Å²) >= 11 is 0. The standard InChI is InChI=1S/C17H12F4N4/c1-22-9-15-16(24-25-23-15)12-5-11(7-14(18)8-12)10-3-2-4-13(6-10)17(19,20)21/h2-9H,1H3,(H,23,24,25)/b22-9+. The van der Waals surface area contributed by atoms with Crippen LogP contribution in [0.1, 0.15) is 11.3 Å². The van der Waals surface area contributed by atoms with E-state index in [1.165, 1.54) is 30.5 Å². The molecule has 25 heavy (non-hydrogen) atoms. The molecule has 3 rings (SSSR count). The van der Waals surface area contributed by atoms with Crippen LogP contribution in [0.4, 0.5) is 17.6 Å². The van der Waals surface area contributed by atoms with Crippen molar-refractivity contribution in [2.24, 2.45) is 4.99 Å². The van der Waals surface area contributed by atoms with E-state index in [1.807, 2.05) is 0 Å². The number of aromatic nitrogens is 3. The number of benzene rings is 2. The Balaban J connectivity index is 2.10. The normalized spacial score (nSPS) is 12.0. The van der Waals surface area contributed by atoms with E-state index >= 15 is 0 Å². The van der Waals surface area contributed by atoms with E-state index in [9.17, 15) is 17.6 Å². The summed E-state index contributed by atoms with van der Waals surface area (Å²) in [6.07, 6.45) is -2.99. The Morgan fingerprint density at radius 1 is 1.04 bits per heavy atom. The van der Waals surface area contributed by atoms with Crippen molar-refractivity contribution in [3.05, 3.63) is 59.5 Å². The highest BCUT2D eigenvalue weighted by atomic mass is 19.4. The molecule has 0 unspecified atom stereocenters. The smallest absolute Gasteiger partial charge is 0.294 e. The lowest BCUT2D eigenvalue weighted by molar-refractivity contribution is -0.137. The number of alkyl halides is 3. The van der Waals surface area contributed by atoms with E-state index in [2.05, 4.69) is 20.4 Å². The monoisotopic (exact) mass is 348 g/mol. The van der Waals surface area contributed by atoms with Crippen LogP contribution in [-0.2, 0) is 6.18 Å². The molecule has 1 N–H and O–H groups in total. The van der Waals surface area contributed by atoms with Gasteiger partial charge in [0.1, 0.15) is 17.2 Å². The van der Waals surface area contributed by atoms with Crippen LogP contribution in [0.3, 0.4) is 0 Å². The number of nitrogens with zero attached hydrogens (tertiary/aromatic N) is 3. The van der Waals surface area contributed by atoms with E-state index in [-0.39, 0.29) is 5.56 Å². The fourth-order valence-electron chi connectivity index (χ4n) is 2.44. The lowest BCUT2D eigenvalue weighted by atomic mass is 9.99. The van der Waals surface area contributed by atoms with Gasteiger partial charge in [-0.1, -0.05) is 17.3 Å². The zero-order valence-electron chi connectivity index (χ0n) is 13.0. The minimum Gasteiger partial charge on any atom is -0.294 e. The summed E-state index contributed by atoms with van der Waals surface area (Å²) in [6, 6.07) is 8.70. The first-order valence-corrected chi connectivity index (χ1v) is 7.20. The number of hydrogen-bond acceptors (Lipinski definition) is 3. The van der Waals surface area contributed by atoms with Gasteiger partial charge < -0.3 is 0 Å². The summed E-state index contributed by atoms with van der Waals surface area (Å²) in [4.78, 5) is 3.85. The zero-order chi connectivity index (χ0) is 18.0. The van der Waals surface area contributed by atoms with Crippen molar-refractivity contribution in [1.29, 1.82) is 0 Å². The van der Waals surface area contributed by atoms with E-state index in [0.29, 0.717) is 22.5 Å². The third-order valence-corrected chi connectivity index (χ3v) is 3.53. The first-order chi connectivity index (χ1) is 11.9. The lowest BCUT2D eigenvalue weighted by Crippen LogP contribution is -2.04. The summed E-state index contributed by atoms with van der Waals surface area (Å²) in [5.74, 6) is -0.590. The van der Waals surface area contributed by atoms with Gasteiger partial charge in [-0.25, -0.2) is 4.39 Å². The molecule has 128 valence electrons. The molecule has 0 aliphatic carbocycles. The second kappa shape index (κ2) is 6.46. The van der Waals surface area contributed by atoms with Gasteiger partial charge in [0.05, 0.1) is 5.56 Å². The minimum atomic E-state index is -4.47. The van der Waals surface area contributed by atoms with Crippen molar-refractivity contribution >= 4 is 6.21 Å². The van der Waals surface area contributed by atoms with Crippen LogP contribution in [0.15, 0.2) is 47.5 Å².